The molecule has 37 heavy (non-hydrogen) atoms. The van der Waals surface area contributed by atoms with E-state index in [1.165, 1.54) is 9.20 Å². The van der Waals surface area contributed by atoms with E-state index in [-0.39, 0.29) is 19.8 Å². The minimum atomic E-state index is -1.00. The highest BCUT2D eigenvalue weighted by Crippen LogP contribution is 2.35. The third-order valence-corrected chi connectivity index (χ3v) is 6.34. The largest absolute Gasteiger partial charge is 0.491 e. The maximum Gasteiger partial charge on any atom is 0.367 e. The van der Waals surface area contributed by atoms with Crippen LogP contribution in [0.15, 0.2) is 83.8 Å². The van der Waals surface area contributed by atoms with Gasteiger partial charge in [0.2, 0.25) is 0 Å². The van der Waals surface area contributed by atoms with Crippen LogP contribution in [0.5, 0.6) is 5.75 Å². The van der Waals surface area contributed by atoms with Crippen molar-refractivity contribution in [2.45, 2.75) is 19.3 Å². The van der Waals surface area contributed by atoms with E-state index >= 15 is 0 Å². The van der Waals surface area contributed by atoms with Crippen molar-refractivity contribution >= 4 is 28.8 Å². The first kappa shape index (κ1) is 25.0. The summed E-state index contributed by atoms with van der Waals surface area (Å²) in [5.41, 5.74) is 3.72. The van der Waals surface area contributed by atoms with Gasteiger partial charge in [0.25, 0.3) is 0 Å². The van der Waals surface area contributed by atoms with Gasteiger partial charge in [0.15, 0.2) is 5.65 Å². The molecule has 188 valence electrons. The van der Waals surface area contributed by atoms with Crippen LogP contribution in [0.1, 0.15) is 5.56 Å². The molecule has 0 aliphatic heterocycles. The minimum absolute atomic E-state index is 0.0493. The van der Waals surface area contributed by atoms with E-state index in [1.807, 2.05) is 24.3 Å². The van der Waals surface area contributed by atoms with Gasteiger partial charge in [-0.25, -0.2) is 9.48 Å². The van der Waals surface area contributed by atoms with Crippen molar-refractivity contribution in [3.63, 3.8) is 0 Å². The fraction of sp³-hybridized carbons (Fsp3) is 0.148. The molecule has 2 heterocycles. The van der Waals surface area contributed by atoms with Gasteiger partial charge in [0.05, 0.1) is 19.3 Å². The summed E-state index contributed by atoms with van der Waals surface area (Å²) in [5, 5.41) is 29.8. The molecule has 0 spiro atoms. The second-order valence-electron chi connectivity index (χ2n) is 8.41. The van der Waals surface area contributed by atoms with Crippen molar-refractivity contribution in [1.29, 1.82) is 0 Å². The second-order valence-corrected chi connectivity index (χ2v) is 9.29. The quantitative estimate of drug-likeness (QED) is 0.303. The normalized spacial score (nSPS) is 12.1. The molecule has 5 aromatic rings. The molecule has 0 aliphatic carbocycles. The van der Waals surface area contributed by atoms with Crippen molar-refractivity contribution in [2.75, 3.05) is 6.61 Å². The van der Waals surface area contributed by atoms with E-state index in [1.54, 1.807) is 54.7 Å². The van der Waals surface area contributed by atoms with E-state index in [2.05, 4.69) is 10.2 Å². The highest BCUT2D eigenvalue weighted by molar-refractivity contribution is 6.31. The van der Waals surface area contributed by atoms with E-state index in [0.29, 0.717) is 27.0 Å². The van der Waals surface area contributed by atoms with Crippen molar-refractivity contribution in [3.8, 4) is 28.0 Å². The number of benzene rings is 3. The van der Waals surface area contributed by atoms with Gasteiger partial charge in [-0.3, -0.25) is 0 Å². The summed E-state index contributed by atoms with van der Waals surface area (Å²) < 4.78 is 8.01. The zero-order valence-corrected chi connectivity index (χ0v) is 21.0. The average molecular weight is 537 g/mol. The summed E-state index contributed by atoms with van der Waals surface area (Å²) in [4.78, 5) is 13.1. The molecule has 1 atom stereocenters. The fourth-order valence-corrected chi connectivity index (χ4v) is 4.22. The van der Waals surface area contributed by atoms with Crippen molar-refractivity contribution in [2.24, 2.45) is 0 Å². The zero-order chi connectivity index (χ0) is 25.9. The van der Waals surface area contributed by atoms with Crippen molar-refractivity contribution in [3.05, 3.63) is 105 Å². The molecule has 0 saturated heterocycles. The number of halogens is 2. The van der Waals surface area contributed by atoms with Gasteiger partial charge >= 0.3 is 5.69 Å². The first-order valence-corrected chi connectivity index (χ1v) is 12.2. The molecule has 5 rings (SSSR count). The number of hydrogen-bond donors (Lipinski definition) is 2. The molecule has 10 heteroatoms. The Morgan fingerprint density at radius 3 is 2.14 bits per heavy atom. The molecular weight excluding hydrogens is 515 g/mol. The first-order valence-electron chi connectivity index (χ1n) is 11.4. The third kappa shape index (κ3) is 5.38. The van der Waals surface area contributed by atoms with Crippen LogP contribution in [0.2, 0.25) is 10.0 Å². The summed E-state index contributed by atoms with van der Waals surface area (Å²) in [6.45, 7) is -0.203. The van der Waals surface area contributed by atoms with Gasteiger partial charge in [-0.15, -0.1) is 5.10 Å². The minimum Gasteiger partial charge on any atom is -0.491 e. The monoisotopic (exact) mass is 536 g/mol. The summed E-state index contributed by atoms with van der Waals surface area (Å²) in [5.74, 6) is 0.540. The lowest BCUT2D eigenvalue weighted by Gasteiger charge is -2.12. The maximum atomic E-state index is 13.1. The molecule has 0 saturated carbocycles. The van der Waals surface area contributed by atoms with Gasteiger partial charge in [-0.2, -0.15) is 9.61 Å². The van der Waals surface area contributed by atoms with Crippen molar-refractivity contribution in [1.82, 2.24) is 19.4 Å². The smallest absolute Gasteiger partial charge is 0.367 e. The number of fused-ring (bicyclic) bond motifs is 1. The molecule has 1 unspecified atom stereocenters. The topological polar surface area (TPSA) is 102 Å². The molecule has 2 N–H and O–H groups in total. The Bertz CT molecular complexity index is 1580. The molecule has 0 fully saturated rings. The van der Waals surface area contributed by atoms with Crippen LogP contribution >= 0.6 is 23.2 Å². The third-order valence-electron chi connectivity index (χ3n) is 5.83. The molecule has 0 radical (unpaired) electrons. The van der Waals surface area contributed by atoms with Crippen molar-refractivity contribution < 1.29 is 14.9 Å². The van der Waals surface area contributed by atoms with Gasteiger partial charge in [-0.1, -0.05) is 59.6 Å². The standard InChI is InChI=1S/C27H22Cl2N4O4/c28-20-7-3-18(4-8-20)24-13-30-33-26(25(24)19-5-9-21(29)10-6-19)31-32(27(33)36)14-22(35)16-37-23-11-1-17(15-34)2-12-23/h1-13,22,34-35H,14-16H2. The lowest BCUT2D eigenvalue weighted by molar-refractivity contribution is 0.0883. The number of hydrogen-bond acceptors (Lipinski definition) is 6. The Kier molecular flexibility index (Phi) is 7.25. The number of aromatic nitrogens is 4. The lowest BCUT2D eigenvalue weighted by atomic mass is 9.97. The summed E-state index contributed by atoms with van der Waals surface area (Å²) in [6, 6.07) is 21.4. The first-order chi connectivity index (χ1) is 17.9. The second kappa shape index (κ2) is 10.7. The van der Waals surface area contributed by atoms with Crippen LogP contribution in [0.4, 0.5) is 0 Å². The molecule has 0 bridgehead atoms. The SMILES string of the molecule is O=c1n(CC(O)COc2ccc(CO)cc2)nc2c(-c3ccc(Cl)cc3)c(-c3ccc(Cl)cc3)cnn12. The highest BCUT2D eigenvalue weighted by Gasteiger charge is 2.20. The Labute approximate surface area is 221 Å². The van der Waals surface area contributed by atoms with Gasteiger partial charge < -0.3 is 14.9 Å². The Morgan fingerprint density at radius 2 is 1.51 bits per heavy atom. The Balaban J connectivity index is 1.49. The fourth-order valence-electron chi connectivity index (χ4n) is 3.96. The lowest BCUT2D eigenvalue weighted by Crippen LogP contribution is -2.31. The Morgan fingerprint density at radius 1 is 0.892 bits per heavy atom. The van der Waals surface area contributed by atoms with Crippen LogP contribution in [-0.2, 0) is 13.2 Å². The molecule has 0 aliphatic rings. The molecular formula is C27H22Cl2N4O4. The van der Waals surface area contributed by atoms with Crippen LogP contribution in [0, 0.1) is 0 Å². The van der Waals surface area contributed by atoms with Crippen LogP contribution in [-0.4, -0.2) is 42.3 Å². The number of aliphatic hydroxyl groups is 2. The number of rotatable bonds is 8. The van der Waals surface area contributed by atoms with E-state index in [0.717, 1.165) is 22.3 Å². The van der Waals surface area contributed by atoms with Gasteiger partial charge in [0, 0.05) is 21.2 Å². The summed E-state index contributed by atoms with van der Waals surface area (Å²) in [6.07, 6.45) is 0.609. The molecule has 8 nitrogen and oxygen atoms in total. The van der Waals surface area contributed by atoms with E-state index in [9.17, 15) is 9.90 Å². The molecule has 2 aromatic heterocycles. The van der Waals surface area contributed by atoms with Gasteiger partial charge in [-0.05, 0) is 53.1 Å². The number of nitrogens with zero attached hydrogens (tertiary/aromatic N) is 4. The van der Waals surface area contributed by atoms with E-state index < -0.39 is 11.8 Å². The van der Waals surface area contributed by atoms with Gasteiger partial charge in [0.1, 0.15) is 18.5 Å². The average Bonchev–Trinajstić information content (AvgIpc) is 3.23. The summed E-state index contributed by atoms with van der Waals surface area (Å²) >= 11 is 12.2. The predicted octanol–water partition coefficient (Wildman–Crippen LogP) is 4.46. The Hall–Kier alpha value is -3.69. The van der Waals surface area contributed by atoms with Crippen LogP contribution < -0.4 is 10.4 Å². The number of ether oxygens (including phenoxy) is 1. The predicted molar refractivity (Wildman–Crippen MR) is 142 cm³/mol. The van der Waals surface area contributed by atoms with E-state index in [4.69, 9.17) is 33.0 Å². The zero-order valence-electron chi connectivity index (χ0n) is 19.5. The maximum absolute atomic E-state index is 13.1. The number of aliphatic hydroxyl groups excluding tert-OH is 2. The highest BCUT2D eigenvalue weighted by atomic mass is 35.5. The summed E-state index contributed by atoms with van der Waals surface area (Å²) in [7, 11) is 0. The molecule has 0 amide bonds. The van der Waals surface area contributed by atoms with Crippen LogP contribution in [0.3, 0.4) is 0 Å². The molecule has 3 aromatic carbocycles. The van der Waals surface area contributed by atoms with Crippen LogP contribution in [0.25, 0.3) is 27.9 Å².